The predicted octanol–water partition coefficient (Wildman–Crippen LogP) is 3.19. The Hall–Kier alpha value is -0.630. The third kappa shape index (κ3) is 3.92. The Kier molecular flexibility index (Phi) is 4.50. The van der Waals surface area contributed by atoms with Crippen LogP contribution in [0.15, 0.2) is 18.2 Å². The predicted molar refractivity (Wildman–Crippen MR) is 75.8 cm³/mol. The second kappa shape index (κ2) is 5.78. The summed E-state index contributed by atoms with van der Waals surface area (Å²) in [5.41, 5.74) is 0. The van der Waals surface area contributed by atoms with Gasteiger partial charge < -0.3 is 9.64 Å². The van der Waals surface area contributed by atoms with Gasteiger partial charge in [-0.3, -0.25) is 4.79 Å². The number of benzene rings is 1. The molecule has 1 amide bonds. The van der Waals surface area contributed by atoms with Gasteiger partial charge in [-0.05, 0) is 40.8 Å². The van der Waals surface area contributed by atoms with Crippen LogP contribution in [0.2, 0.25) is 5.02 Å². The summed E-state index contributed by atoms with van der Waals surface area (Å²) in [6.45, 7) is -0.712. The van der Waals surface area contributed by atoms with Gasteiger partial charge in [0.05, 0.1) is 10.1 Å². The molecule has 0 unspecified atom stereocenters. The lowest BCUT2D eigenvalue weighted by molar-refractivity contribution is -0.133. The van der Waals surface area contributed by atoms with Crippen molar-refractivity contribution >= 4 is 40.1 Å². The Morgan fingerprint density at radius 2 is 2.26 bits per heavy atom. The van der Waals surface area contributed by atoms with Crippen LogP contribution in [-0.2, 0) is 4.79 Å². The normalized spacial score (nSPS) is 17.6. The molecule has 0 N–H and O–H groups in total. The molecule has 104 valence electrons. The number of nitrogens with zero attached hydrogens (tertiary/aromatic N) is 1. The molecule has 0 aromatic heterocycles. The fourth-order valence-corrected chi connectivity index (χ4v) is 2.42. The minimum Gasteiger partial charge on any atom is -0.483 e. The molecule has 7 heteroatoms. The topological polar surface area (TPSA) is 29.5 Å². The lowest BCUT2D eigenvalue weighted by Gasteiger charge is -2.16. The van der Waals surface area contributed by atoms with Crippen molar-refractivity contribution in [3.8, 4) is 5.75 Å². The van der Waals surface area contributed by atoms with Crippen molar-refractivity contribution in [2.45, 2.75) is 12.3 Å². The highest BCUT2D eigenvalue weighted by atomic mass is 127. The first-order valence-corrected chi connectivity index (χ1v) is 7.06. The molecule has 1 aromatic rings. The van der Waals surface area contributed by atoms with E-state index < -0.39 is 18.4 Å². The summed E-state index contributed by atoms with van der Waals surface area (Å²) in [5, 5.41) is 0.496. The van der Waals surface area contributed by atoms with Crippen LogP contribution in [0.1, 0.15) is 6.42 Å². The molecule has 0 bridgehead atoms. The van der Waals surface area contributed by atoms with Crippen molar-refractivity contribution < 1.29 is 18.3 Å². The summed E-state index contributed by atoms with van der Waals surface area (Å²) in [4.78, 5) is 12.9. The molecule has 1 heterocycles. The molecule has 0 saturated carbocycles. The molecule has 0 aliphatic carbocycles. The number of halogens is 4. The summed E-state index contributed by atoms with van der Waals surface area (Å²) in [6.07, 6.45) is -0.284. The molecular formula is C12H11ClF2INO2. The van der Waals surface area contributed by atoms with E-state index in [1.807, 2.05) is 22.6 Å². The SMILES string of the molecule is O=C(COc1cc(Cl)ccc1I)N1CCC(F)(F)C1. The highest BCUT2D eigenvalue weighted by Crippen LogP contribution is 2.27. The van der Waals surface area contributed by atoms with Crippen molar-refractivity contribution in [3.05, 3.63) is 26.8 Å². The lowest BCUT2D eigenvalue weighted by atomic mass is 10.3. The zero-order valence-electron chi connectivity index (χ0n) is 9.84. The number of amides is 1. The van der Waals surface area contributed by atoms with Crippen LogP contribution in [-0.4, -0.2) is 36.4 Å². The van der Waals surface area contributed by atoms with E-state index in [1.54, 1.807) is 18.2 Å². The van der Waals surface area contributed by atoms with Gasteiger partial charge in [0.2, 0.25) is 0 Å². The summed E-state index contributed by atoms with van der Waals surface area (Å²) in [6, 6.07) is 5.06. The van der Waals surface area contributed by atoms with Gasteiger partial charge in [0.15, 0.2) is 6.61 Å². The van der Waals surface area contributed by atoms with Gasteiger partial charge in [-0.25, -0.2) is 8.78 Å². The Labute approximate surface area is 128 Å². The molecule has 19 heavy (non-hydrogen) atoms. The largest absolute Gasteiger partial charge is 0.483 e. The van der Waals surface area contributed by atoms with Crippen LogP contribution in [0, 0.1) is 3.57 Å². The van der Waals surface area contributed by atoms with Gasteiger partial charge in [0, 0.05) is 18.0 Å². The standard InChI is InChI=1S/C12H11ClF2INO2/c13-8-1-2-9(16)10(5-8)19-6-11(18)17-4-3-12(14,15)7-17/h1-2,5H,3-4,6-7H2. The van der Waals surface area contributed by atoms with Gasteiger partial charge in [0.1, 0.15) is 5.75 Å². The summed E-state index contributed by atoms with van der Waals surface area (Å²) < 4.78 is 32.1. The Bertz CT molecular complexity index is 499. The first-order valence-electron chi connectivity index (χ1n) is 5.61. The average Bonchev–Trinajstić information content (AvgIpc) is 2.70. The Morgan fingerprint density at radius 1 is 1.53 bits per heavy atom. The minimum absolute atomic E-state index is 0.0713. The maximum atomic E-state index is 13.0. The van der Waals surface area contributed by atoms with Gasteiger partial charge in [-0.1, -0.05) is 11.6 Å². The van der Waals surface area contributed by atoms with E-state index in [4.69, 9.17) is 16.3 Å². The van der Waals surface area contributed by atoms with E-state index in [0.29, 0.717) is 10.8 Å². The lowest BCUT2D eigenvalue weighted by Crippen LogP contribution is -2.35. The molecule has 1 aliphatic heterocycles. The molecule has 0 atom stereocenters. The van der Waals surface area contributed by atoms with E-state index in [-0.39, 0.29) is 19.6 Å². The van der Waals surface area contributed by atoms with Crippen LogP contribution in [0.25, 0.3) is 0 Å². The van der Waals surface area contributed by atoms with Gasteiger partial charge >= 0.3 is 0 Å². The maximum Gasteiger partial charge on any atom is 0.267 e. The average molecular weight is 402 g/mol. The van der Waals surface area contributed by atoms with E-state index in [2.05, 4.69) is 0 Å². The van der Waals surface area contributed by atoms with Crippen LogP contribution >= 0.6 is 34.2 Å². The molecule has 3 nitrogen and oxygen atoms in total. The zero-order valence-corrected chi connectivity index (χ0v) is 12.7. The first kappa shape index (κ1) is 14.8. The fraction of sp³-hybridized carbons (Fsp3) is 0.417. The minimum atomic E-state index is -2.78. The van der Waals surface area contributed by atoms with Crippen molar-refractivity contribution in [1.29, 1.82) is 0 Å². The number of ether oxygens (including phenoxy) is 1. The maximum absolute atomic E-state index is 13.0. The quantitative estimate of drug-likeness (QED) is 0.728. The fourth-order valence-electron chi connectivity index (χ4n) is 1.77. The van der Waals surface area contributed by atoms with E-state index in [1.165, 1.54) is 0 Å². The molecular weight excluding hydrogens is 390 g/mol. The van der Waals surface area contributed by atoms with Crippen molar-refractivity contribution in [2.75, 3.05) is 19.7 Å². The third-order valence-corrected chi connectivity index (χ3v) is 3.89. The molecule has 1 fully saturated rings. The first-order chi connectivity index (χ1) is 8.87. The molecule has 1 saturated heterocycles. The van der Waals surface area contributed by atoms with Gasteiger partial charge in [-0.2, -0.15) is 0 Å². The number of hydrogen-bond acceptors (Lipinski definition) is 2. The molecule has 0 spiro atoms. The number of hydrogen-bond donors (Lipinski definition) is 0. The van der Waals surface area contributed by atoms with Crippen molar-refractivity contribution in [3.63, 3.8) is 0 Å². The Balaban J connectivity index is 1.92. The smallest absolute Gasteiger partial charge is 0.267 e. The summed E-state index contributed by atoms with van der Waals surface area (Å²) in [7, 11) is 0. The zero-order chi connectivity index (χ0) is 14.0. The molecule has 1 aliphatic rings. The number of carbonyl (C=O) groups excluding carboxylic acids is 1. The van der Waals surface area contributed by atoms with Gasteiger partial charge in [-0.15, -0.1) is 0 Å². The second-order valence-corrected chi connectivity index (χ2v) is 5.88. The van der Waals surface area contributed by atoms with E-state index in [0.717, 1.165) is 8.47 Å². The number of carbonyl (C=O) groups is 1. The monoisotopic (exact) mass is 401 g/mol. The van der Waals surface area contributed by atoms with Crippen LogP contribution in [0.4, 0.5) is 8.78 Å². The Morgan fingerprint density at radius 3 is 2.89 bits per heavy atom. The van der Waals surface area contributed by atoms with E-state index >= 15 is 0 Å². The summed E-state index contributed by atoms with van der Waals surface area (Å²) >= 11 is 7.87. The highest BCUT2D eigenvalue weighted by molar-refractivity contribution is 14.1. The van der Waals surface area contributed by atoms with Crippen LogP contribution in [0.5, 0.6) is 5.75 Å². The van der Waals surface area contributed by atoms with Gasteiger partial charge in [0.25, 0.3) is 11.8 Å². The molecule has 1 aromatic carbocycles. The number of rotatable bonds is 3. The molecule has 0 radical (unpaired) electrons. The second-order valence-electron chi connectivity index (χ2n) is 4.28. The third-order valence-electron chi connectivity index (χ3n) is 2.77. The highest BCUT2D eigenvalue weighted by Gasteiger charge is 2.40. The van der Waals surface area contributed by atoms with Crippen molar-refractivity contribution in [1.82, 2.24) is 4.90 Å². The molecule has 2 rings (SSSR count). The van der Waals surface area contributed by atoms with E-state index in [9.17, 15) is 13.6 Å². The van der Waals surface area contributed by atoms with Crippen LogP contribution in [0.3, 0.4) is 0 Å². The number of alkyl halides is 2. The summed E-state index contributed by atoms with van der Waals surface area (Å²) in [5.74, 6) is -2.74. The number of likely N-dealkylation sites (tertiary alicyclic amines) is 1. The van der Waals surface area contributed by atoms with Crippen LogP contribution < -0.4 is 4.74 Å². The van der Waals surface area contributed by atoms with Crippen molar-refractivity contribution in [2.24, 2.45) is 0 Å².